The zero-order valence-electron chi connectivity index (χ0n) is 13.1. The molecule has 1 aromatic rings. The molecule has 1 aromatic carbocycles. The second-order valence-electron chi connectivity index (χ2n) is 6.06. The molecule has 0 bridgehead atoms. The number of piperidine rings is 1. The van der Waals surface area contributed by atoms with Crippen molar-refractivity contribution in [1.29, 1.82) is 0 Å². The van der Waals surface area contributed by atoms with Gasteiger partial charge in [0.1, 0.15) is 5.82 Å². The van der Waals surface area contributed by atoms with E-state index in [1.807, 2.05) is 0 Å². The van der Waals surface area contributed by atoms with Crippen LogP contribution in [0.4, 0.5) is 4.39 Å². The van der Waals surface area contributed by atoms with Gasteiger partial charge in [0.2, 0.25) is 11.8 Å². The number of hydrogen-bond donors (Lipinski definition) is 0. The molecule has 5 nitrogen and oxygen atoms in total. The van der Waals surface area contributed by atoms with Crippen LogP contribution in [0.5, 0.6) is 0 Å². The summed E-state index contributed by atoms with van der Waals surface area (Å²) in [5.74, 6) is -0.346. The Bertz CT molecular complexity index is 621. The lowest BCUT2D eigenvalue weighted by molar-refractivity contribution is -0.141. The van der Waals surface area contributed by atoms with Crippen LogP contribution in [0.1, 0.15) is 37.8 Å². The molecule has 2 heterocycles. The lowest BCUT2D eigenvalue weighted by Gasteiger charge is -2.33. The second-order valence-corrected chi connectivity index (χ2v) is 6.06. The maximum absolute atomic E-state index is 13.1. The number of hydrazone groups is 1. The van der Waals surface area contributed by atoms with E-state index in [1.54, 1.807) is 30.2 Å². The number of amides is 2. The molecule has 3 rings (SSSR count). The predicted molar refractivity (Wildman–Crippen MR) is 84.1 cm³/mol. The molecule has 6 heteroatoms. The highest BCUT2D eigenvalue weighted by atomic mass is 19.1. The largest absolute Gasteiger partial charge is 0.343 e. The molecule has 2 amide bonds. The Morgan fingerprint density at radius 3 is 2.43 bits per heavy atom. The minimum absolute atomic E-state index is 0.00345. The van der Waals surface area contributed by atoms with Crippen molar-refractivity contribution >= 4 is 18.0 Å². The molecule has 2 aliphatic heterocycles. The van der Waals surface area contributed by atoms with Crippen molar-refractivity contribution in [2.75, 3.05) is 13.1 Å². The summed E-state index contributed by atoms with van der Waals surface area (Å²) >= 11 is 0. The van der Waals surface area contributed by atoms with E-state index in [2.05, 4.69) is 5.10 Å². The van der Waals surface area contributed by atoms with Crippen LogP contribution in [0.3, 0.4) is 0 Å². The molecule has 0 saturated carbocycles. The van der Waals surface area contributed by atoms with E-state index in [1.165, 1.54) is 17.1 Å². The van der Waals surface area contributed by atoms with Crippen molar-refractivity contribution in [2.24, 2.45) is 11.0 Å². The Kier molecular flexibility index (Phi) is 4.41. The molecule has 2 aliphatic rings. The first kappa shape index (κ1) is 15.6. The number of rotatable bonds is 2. The van der Waals surface area contributed by atoms with Crippen molar-refractivity contribution in [3.05, 3.63) is 35.6 Å². The maximum Gasteiger partial charge on any atom is 0.246 e. The summed E-state index contributed by atoms with van der Waals surface area (Å²) < 4.78 is 13.1. The van der Waals surface area contributed by atoms with Gasteiger partial charge < -0.3 is 4.90 Å². The molecule has 0 spiro atoms. The SMILES string of the molecule is CC(=O)N1CCC(C(=O)N2N=CCC2c2ccc(F)cc2)CC1. The van der Waals surface area contributed by atoms with E-state index in [-0.39, 0.29) is 29.6 Å². The van der Waals surface area contributed by atoms with Gasteiger partial charge in [-0.1, -0.05) is 12.1 Å². The maximum atomic E-state index is 13.1. The molecule has 1 unspecified atom stereocenters. The number of halogens is 1. The lowest BCUT2D eigenvalue weighted by atomic mass is 9.94. The molecule has 1 atom stereocenters. The van der Waals surface area contributed by atoms with Crippen LogP contribution in [-0.4, -0.2) is 41.0 Å². The first-order valence-electron chi connectivity index (χ1n) is 7.93. The van der Waals surface area contributed by atoms with Gasteiger partial charge >= 0.3 is 0 Å². The van der Waals surface area contributed by atoms with Crippen LogP contribution >= 0.6 is 0 Å². The van der Waals surface area contributed by atoms with Gasteiger partial charge in [-0.15, -0.1) is 0 Å². The molecule has 1 fully saturated rings. The topological polar surface area (TPSA) is 53.0 Å². The average molecular weight is 317 g/mol. The van der Waals surface area contributed by atoms with Crippen LogP contribution in [0, 0.1) is 11.7 Å². The first-order valence-corrected chi connectivity index (χ1v) is 7.93. The normalized spacial score (nSPS) is 21.7. The van der Waals surface area contributed by atoms with Crippen molar-refractivity contribution < 1.29 is 14.0 Å². The van der Waals surface area contributed by atoms with Gasteiger partial charge in [0.25, 0.3) is 0 Å². The summed E-state index contributed by atoms with van der Waals surface area (Å²) in [5, 5.41) is 5.76. The van der Waals surface area contributed by atoms with E-state index < -0.39 is 0 Å². The minimum atomic E-state index is -0.290. The third-order valence-corrected chi connectivity index (χ3v) is 4.60. The van der Waals surface area contributed by atoms with Crippen LogP contribution in [-0.2, 0) is 9.59 Å². The van der Waals surface area contributed by atoms with Gasteiger partial charge in [0.15, 0.2) is 0 Å². The predicted octanol–water partition coefficient (Wildman–Crippen LogP) is 2.34. The fourth-order valence-corrected chi connectivity index (χ4v) is 3.22. The highest BCUT2D eigenvalue weighted by molar-refractivity contribution is 5.82. The standard InChI is InChI=1S/C17H20FN3O2/c1-12(22)20-10-7-14(8-11-20)17(23)21-16(6-9-19-21)13-2-4-15(18)5-3-13/h2-5,9,14,16H,6-8,10-11H2,1H3. The Balaban J connectivity index is 1.68. The smallest absolute Gasteiger partial charge is 0.246 e. The molecule has 0 radical (unpaired) electrons. The fraction of sp³-hybridized carbons (Fsp3) is 0.471. The Labute approximate surface area is 134 Å². The van der Waals surface area contributed by atoms with E-state index in [9.17, 15) is 14.0 Å². The monoisotopic (exact) mass is 317 g/mol. The first-order chi connectivity index (χ1) is 11.1. The summed E-state index contributed by atoms with van der Waals surface area (Å²) in [7, 11) is 0. The van der Waals surface area contributed by atoms with Crippen LogP contribution in [0.15, 0.2) is 29.4 Å². The van der Waals surface area contributed by atoms with Crippen LogP contribution < -0.4 is 0 Å². The van der Waals surface area contributed by atoms with Crippen molar-refractivity contribution in [2.45, 2.75) is 32.2 Å². The van der Waals surface area contributed by atoms with E-state index in [0.717, 1.165) is 5.56 Å². The van der Waals surface area contributed by atoms with Gasteiger partial charge in [-0.05, 0) is 30.5 Å². The van der Waals surface area contributed by atoms with Crippen molar-refractivity contribution in [3.8, 4) is 0 Å². The highest BCUT2D eigenvalue weighted by Gasteiger charge is 2.34. The number of carbonyl (C=O) groups excluding carboxylic acids is 2. The molecule has 122 valence electrons. The summed E-state index contributed by atoms with van der Waals surface area (Å²) in [6.07, 6.45) is 3.71. The molecule has 0 aliphatic carbocycles. The zero-order chi connectivity index (χ0) is 16.4. The summed E-state index contributed by atoms with van der Waals surface area (Å²) in [6, 6.07) is 6.05. The quantitative estimate of drug-likeness (QED) is 0.841. The summed E-state index contributed by atoms with van der Waals surface area (Å²) in [6.45, 7) is 2.78. The molecule has 0 aromatic heterocycles. The number of carbonyl (C=O) groups is 2. The Hall–Kier alpha value is -2.24. The van der Waals surface area contributed by atoms with Gasteiger partial charge in [0, 0.05) is 38.6 Å². The van der Waals surface area contributed by atoms with Crippen molar-refractivity contribution in [3.63, 3.8) is 0 Å². The minimum Gasteiger partial charge on any atom is -0.343 e. The summed E-state index contributed by atoms with van der Waals surface area (Å²) in [5.41, 5.74) is 0.887. The average Bonchev–Trinajstić information content (AvgIpc) is 3.04. The van der Waals surface area contributed by atoms with Crippen molar-refractivity contribution in [1.82, 2.24) is 9.91 Å². The van der Waals surface area contributed by atoms with E-state index in [4.69, 9.17) is 0 Å². The second kappa shape index (κ2) is 6.48. The summed E-state index contributed by atoms with van der Waals surface area (Å²) in [4.78, 5) is 25.9. The number of hydrogen-bond acceptors (Lipinski definition) is 3. The highest BCUT2D eigenvalue weighted by Crippen LogP contribution is 2.31. The number of likely N-dealkylation sites (tertiary alicyclic amines) is 1. The molecule has 23 heavy (non-hydrogen) atoms. The third-order valence-electron chi connectivity index (χ3n) is 4.60. The lowest BCUT2D eigenvalue weighted by Crippen LogP contribution is -2.42. The van der Waals surface area contributed by atoms with Gasteiger partial charge in [0.05, 0.1) is 6.04 Å². The van der Waals surface area contributed by atoms with Crippen LogP contribution in [0.25, 0.3) is 0 Å². The molecular weight excluding hydrogens is 297 g/mol. The number of nitrogens with zero attached hydrogens (tertiary/aromatic N) is 3. The number of benzene rings is 1. The molecule has 0 N–H and O–H groups in total. The Morgan fingerprint density at radius 1 is 1.17 bits per heavy atom. The van der Waals surface area contributed by atoms with Gasteiger partial charge in [-0.25, -0.2) is 9.40 Å². The van der Waals surface area contributed by atoms with Gasteiger partial charge in [-0.2, -0.15) is 5.10 Å². The third kappa shape index (κ3) is 3.25. The zero-order valence-corrected chi connectivity index (χ0v) is 13.1. The van der Waals surface area contributed by atoms with E-state index in [0.29, 0.717) is 32.4 Å². The Morgan fingerprint density at radius 2 is 1.83 bits per heavy atom. The molecular formula is C17H20FN3O2. The van der Waals surface area contributed by atoms with Crippen LogP contribution in [0.2, 0.25) is 0 Å². The van der Waals surface area contributed by atoms with Gasteiger partial charge in [-0.3, -0.25) is 9.59 Å². The van der Waals surface area contributed by atoms with E-state index >= 15 is 0 Å². The fourth-order valence-electron chi connectivity index (χ4n) is 3.22. The molecule has 1 saturated heterocycles.